The lowest BCUT2D eigenvalue weighted by molar-refractivity contribution is -0.119. The van der Waals surface area contributed by atoms with Crippen LogP contribution in [0.2, 0.25) is 0 Å². The van der Waals surface area contributed by atoms with Crippen LogP contribution in [0.1, 0.15) is 36.1 Å². The summed E-state index contributed by atoms with van der Waals surface area (Å²) in [4.78, 5) is 12.5. The number of carbonyl (C=O) groups is 1. The number of amides is 1. The van der Waals surface area contributed by atoms with Crippen molar-refractivity contribution in [3.8, 4) is 5.69 Å². The number of hydrogen-bond donors (Lipinski definition) is 1. The van der Waals surface area contributed by atoms with Crippen molar-refractivity contribution >= 4 is 17.7 Å². The summed E-state index contributed by atoms with van der Waals surface area (Å²) >= 11 is 1.33. The molecule has 2 aromatic carbocycles. The van der Waals surface area contributed by atoms with Gasteiger partial charge in [-0.1, -0.05) is 66.7 Å². The lowest BCUT2D eigenvalue weighted by Gasteiger charge is -2.17. The van der Waals surface area contributed by atoms with Crippen LogP contribution in [-0.2, 0) is 4.79 Å². The topological polar surface area (TPSA) is 72.7 Å². The fraction of sp³-hybridized carbons (Fsp3) is 0.300. The Balaban J connectivity index is 1.64. The first-order chi connectivity index (χ1) is 13.1. The van der Waals surface area contributed by atoms with Gasteiger partial charge in [-0.15, -0.1) is 5.10 Å². The van der Waals surface area contributed by atoms with Crippen molar-refractivity contribution in [3.63, 3.8) is 0 Å². The van der Waals surface area contributed by atoms with Crippen molar-refractivity contribution in [2.75, 3.05) is 5.75 Å². The van der Waals surface area contributed by atoms with Crippen LogP contribution in [0.4, 0.5) is 0 Å². The number of para-hydroxylation sites is 1. The summed E-state index contributed by atoms with van der Waals surface area (Å²) in [5.74, 6) is 0.223. The normalized spacial score (nSPS) is 12.0. The highest BCUT2D eigenvalue weighted by Gasteiger charge is 2.16. The molecule has 1 amide bonds. The number of tetrazole rings is 1. The highest BCUT2D eigenvalue weighted by atomic mass is 32.2. The molecule has 0 aliphatic carbocycles. The number of aromatic nitrogens is 4. The largest absolute Gasteiger partial charge is 0.349 e. The van der Waals surface area contributed by atoms with E-state index in [1.54, 1.807) is 4.68 Å². The highest BCUT2D eigenvalue weighted by Crippen LogP contribution is 2.21. The zero-order valence-corrected chi connectivity index (χ0v) is 16.5. The van der Waals surface area contributed by atoms with Crippen LogP contribution >= 0.6 is 11.8 Å². The van der Waals surface area contributed by atoms with Crippen LogP contribution in [0.15, 0.2) is 53.7 Å². The van der Waals surface area contributed by atoms with Gasteiger partial charge in [0.25, 0.3) is 0 Å². The standard InChI is InChI=1S/C20H23N5OS/c1-4-17(16-11-9-14(2)10-12-16)21-19(26)13-27-20-22-23-24-25(20)18-8-6-5-7-15(18)3/h5-12,17H,4,13H2,1-3H3,(H,21,26)/t17-/m0/s1. The minimum absolute atomic E-state index is 0.00561. The highest BCUT2D eigenvalue weighted by molar-refractivity contribution is 7.99. The van der Waals surface area contributed by atoms with Crippen molar-refractivity contribution in [2.45, 2.75) is 38.4 Å². The molecular formula is C20H23N5OS. The zero-order valence-electron chi connectivity index (χ0n) is 15.7. The molecule has 7 heteroatoms. The number of hydrogen-bond acceptors (Lipinski definition) is 5. The molecule has 0 spiro atoms. The maximum absolute atomic E-state index is 12.5. The van der Waals surface area contributed by atoms with Crippen molar-refractivity contribution in [1.82, 2.24) is 25.5 Å². The smallest absolute Gasteiger partial charge is 0.230 e. The molecule has 6 nitrogen and oxygen atoms in total. The van der Waals surface area contributed by atoms with E-state index in [4.69, 9.17) is 0 Å². The quantitative estimate of drug-likeness (QED) is 0.633. The number of thioether (sulfide) groups is 1. The van der Waals surface area contributed by atoms with Gasteiger partial charge in [-0.3, -0.25) is 4.79 Å². The van der Waals surface area contributed by atoms with E-state index in [1.165, 1.54) is 17.3 Å². The molecule has 1 N–H and O–H groups in total. The molecule has 0 saturated heterocycles. The predicted molar refractivity (Wildman–Crippen MR) is 107 cm³/mol. The van der Waals surface area contributed by atoms with Gasteiger partial charge in [0, 0.05) is 0 Å². The molecule has 0 aliphatic rings. The van der Waals surface area contributed by atoms with E-state index >= 15 is 0 Å². The lowest BCUT2D eigenvalue weighted by Crippen LogP contribution is -2.29. The fourth-order valence-corrected chi connectivity index (χ4v) is 3.50. The zero-order chi connectivity index (χ0) is 19.2. The van der Waals surface area contributed by atoms with Crippen molar-refractivity contribution in [1.29, 1.82) is 0 Å². The van der Waals surface area contributed by atoms with Crippen molar-refractivity contribution in [2.24, 2.45) is 0 Å². The summed E-state index contributed by atoms with van der Waals surface area (Å²) in [5.41, 5.74) is 4.31. The molecule has 0 saturated carbocycles. The van der Waals surface area contributed by atoms with E-state index in [0.29, 0.717) is 5.16 Å². The van der Waals surface area contributed by atoms with Crippen LogP contribution in [0.25, 0.3) is 5.69 Å². The Morgan fingerprint density at radius 2 is 1.89 bits per heavy atom. The third kappa shape index (κ3) is 4.74. The van der Waals surface area contributed by atoms with Gasteiger partial charge in [-0.25, -0.2) is 0 Å². The summed E-state index contributed by atoms with van der Waals surface area (Å²) in [6.45, 7) is 6.13. The molecule has 0 aliphatic heterocycles. The molecule has 0 fully saturated rings. The number of aryl methyl sites for hydroxylation is 2. The monoisotopic (exact) mass is 381 g/mol. The first-order valence-electron chi connectivity index (χ1n) is 8.91. The Labute approximate surface area is 163 Å². The van der Waals surface area contributed by atoms with Crippen LogP contribution in [0.5, 0.6) is 0 Å². The van der Waals surface area contributed by atoms with Crippen LogP contribution in [0, 0.1) is 13.8 Å². The second-order valence-corrected chi connectivity index (χ2v) is 7.33. The van der Waals surface area contributed by atoms with Gasteiger partial charge < -0.3 is 5.32 Å². The Bertz CT molecular complexity index is 907. The molecule has 3 aromatic rings. The minimum Gasteiger partial charge on any atom is -0.349 e. The molecular weight excluding hydrogens is 358 g/mol. The molecule has 1 heterocycles. The second-order valence-electron chi connectivity index (χ2n) is 6.39. The van der Waals surface area contributed by atoms with Crippen LogP contribution in [0.3, 0.4) is 0 Å². The van der Waals surface area contributed by atoms with E-state index in [1.807, 2.05) is 31.2 Å². The molecule has 140 valence electrons. The molecule has 1 aromatic heterocycles. The summed E-state index contributed by atoms with van der Waals surface area (Å²) in [6.07, 6.45) is 0.834. The van der Waals surface area contributed by atoms with Crippen molar-refractivity contribution < 1.29 is 4.79 Å². The Morgan fingerprint density at radius 1 is 1.15 bits per heavy atom. The number of carbonyl (C=O) groups excluding carboxylic acids is 1. The maximum atomic E-state index is 12.5. The predicted octanol–water partition coefficient (Wildman–Crippen LogP) is 3.64. The molecule has 27 heavy (non-hydrogen) atoms. The molecule has 1 atom stereocenters. The maximum Gasteiger partial charge on any atom is 0.230 e. The van der Waals surface area contributed by atoms with Crippen LogP contribution < -0.4 is 5.32 Å². The van der Waals surface area contributed by atoms with E-state index in [9.17, 15) is 4.79 Å². The molecule has 0 bridgehead atoms. The summed E-state index contributed by atoms with van der Waals surface area (Å²) < 4.78 is 1.67. The van der Waals surface area contributed by atoms with E-state index in [-0.39, 0.29) is 17.7 Å². The van der Waals surface area contributed by atoms with E-state index < -0.39 is 0 Å². The van der Waals surface area contributed by atoms with Gasteiger partial charge in [-0.05, 0) is 47.9 Å². The molecule has 3 rings (SSSR count). The average molecular weight is 382 g/mol. The molecule has 0 radical (unpaired) electrons. The lowest BCUT2D eigenvalue weighted by atomic mass is 10.0. The van der Waals surface area contributed by atoms with Crippen LogP contribution in [-0.4, -0.2) is 31.9 Å². The summed E-state index contributed by atoms with van der Waals surface area (Å²) in [6, 6.07) is 16.1. The number of rotatable bonds is 7. The van der Waals surface area contributed by atoms with Crippen molar-refractivity contribution in [3.05, 3.63) is 65.2 Å². The minimum atomic E-state index is -0.0354. The average Bonchev–Trinajstić information content (AvgIpc) is 3.14. The summed E-state index contributed by atoms with van der Waals surface area (Å²) in [7, 11) is 0. The van der Waals surface area contributed by atoms with E-state index in [0.717, 1.165) is 23.2 Å². The van der Waals surface area contributed by atoms with Gasteiger partial charge in [0.2, 0.25) is 11.1 Å². The first-order valence-corrected chi connectivity index (χ1v) is 9.90. The third-order valence-corrected chi connectivity index (χ3v) is 5.26. The number of nitrogens with zero attached hydrogens (tertiary/aromatic N) is 4. The third-order valence-electron chi connectivity index (χ3n) is 4.34. The Morgan fingerprint density at radius 3 is 2.59 bits per heavy atom. The first kappa shape index (κ1) is 19.1. The number of benzene rings is 2. The Kier molecular flexibility index (Phi) is 6.24. The molecule has 0 unspecified atom stereocenters. The fourth-order valence-electron chi connectivity index (χ4n) is 2.81. The second kappa shape index (κ2) is 8.81. The van der Waals surface area contributed by atoms with Gasteiger partial charge in [0.1, 0.15) is 0 Å². The Hall–Kier alpha value is -2.67. The SMILES string of the molecule is CC[C@H](NC(=O)CSc1nnnn1-c1ccccc1C)c1ccc(C)cc1. The van der Waals surface area contributed by atoms with E-state index in [2.05, 4.69) is 59.0 Å². The van der Waals surface area contributed by atoms with Gasteiger partial charge in [-0.2, -0.15) is 4.68 Å². The van der Waals surface area contributed by atoms with Gasteiger partial charge in [0.05, 0.1) is 17.5 Å². The summed E-state index contributed by atoms with van der Waals surface area (Å²) in [5, 5.41) is 15.6. The number of nitrogens with one attached hydrogen (secondary N) is 1. The van der Waals surface area contributed by atoms with Gasteiger partial charge >= 0.3 is 0 Å². The van der Waals surface area contributed by atoms with Gasteiger partial charge in [0.15, 0.2) is 0 Å².